The van der Waals surface area contributed by atoms with Gasteiger partial charge in [0.15, 0.2) is 0 Å². The summed E-state index contributed by atoms with van der Waals surface area (Å²) < 4.78 is 5.94. The first kappa shape index (κ1) is 18.4. The number of methoxy groups -OCH3 is 1. The standard InChI is InChI=1S/C25H33NO2/c1-24-10-5-4-8-17(24)13-20(27)22-18(24)9-11-25(2)19(22)14-21(28-3)23(25)16-7-6-12-26-15-16/h6-7,12-13,15,18-20,22,27H,4-5,8-11,14H2,1-3H3/t18-,19-,20-,22+,24-,25-/m0/s1. The summed E-state index contributed by atoms with van der Waals surface area (Å²) in [5, 5.41) is 11.3. The minimum atomic E-state index is -0.317. The second-order valence-corrected chi connectivity index (χ2v) is 10.0. The van der Waals surface area contributed by atoms with E-state index in [1.54, 1.807) is 5.57 Å². The Morgan fingerprint density at radius 2 is 2.00 bits per heavy atom. The van der Waals surface area contributed by atoms with Gasteiger partial charge in [0.2, 0.25) is 0 Å². The Morgan fingerprint density at radius 3 is 2.75 bits per heavy atom. The van der Waals surface area contributed by atoms with Crippen LogP contribution in [0.15, 0.2) is 41.9 Å². The van der Waals surface area contributed by atoms with Gasteiger partial charge in [0.25, 0.3) is 0 Å². The molecule has 0 radical (unpaired) electrons. The van der Waals surface area contributed by atoms with Crippen LogP contribution in [0.1, 0.15) is 64.4 Å². The average molecular weight is 380 g/mol. The maximum absolute atomic E-state index is 11.3. The monoisotopic (exact) mass is 379 g/mol. The SMILES string of the molecule is COC1=C(c2cccnc2)[C@@]2(C)CC[C@H]3[C@@H]([C@@H](O)C=C4CCCC[C@@]43C)[C@@H]2C1. The highest BCUT2D eigenvalue weighted by atomic mass is 16.5. The van der Waals surface area contributed by atoms with Crippen molar-refractivity contribution in [2.24, 2.45) is 28.6 Å². The summed E-state index contributed by atoms with van der Waals surface area (Å²) in [5.41, 5.74) is 4.40. The Morgan fingerprint density at radius 1 is 1.14 bits per heavy atom. The first-order valence-electron chi connectivity index (χ1n) is 11.1. The van der Waals surface area contributed by atoms with Crippen molar-refractivity contribution in [3.8, 4) is 0 Å². The average Bonchev–Trinajstić information content (AvgIpc) is 3.01. The molecule has 28 heavy (non-hydrogen) atoms. The normalized spacial score (nSPS) is 42.4. The molecule has 1 aromatic rings. The van der Waals surface area contributed by atoms with Crippen LogP contribution in [0.5, 0.6) is 0 Å². The number of ether oxygens (including phenoxy) is 1. The van der Waals surface area contributed by atoms with E-state index in [1.807, 2.05) is 25.6 Å². The molecule has 0 unspecified atom stereocenters. The van der Waals surface area contributed by atoms with Crippen LogP contribution < -0.4 is 0 Å². The van der Waals surface area contributed by atoms with E-state index < -0.39 is 0 Å². The third-order valence-corrected chi connectivity index (χ3v) is 8.88. The number of nitrogens with zero attached hydrogens (tertiary/aromatic N) is 1. The van der Waals surface area contributed by atoms with Gasteiger partial charge < -0.3 is 9.84 Å². The number of rotatable bonds is 2. The van der Waals surface area contributed by atoms with Crippen molar-refractivity contribution in [3.05, 3.63) is 47.5 Å². The fourth-order valence-corrected chi connectivity index (χ4v) is 7.50. The Kier molecular flexibility index (Phi) is 4.24. The predicted octanol–water partition coefficient (Wildman–Crippen LogP) is 5.37. The van der Waals surface area contributed by atoms with Gasteiger partial charge in [-0.1, -0.05) is 38.0 Å². The summed E-state index contributed by atoms with van der Waals surface area (Å²) in [6.45, 7) is 4.91. The van der Waals surface area contributed by atoms with Crippen molar-refractivity contribution in [2.75, 3.05) is 7.11 Å². The largest absolute Gasteiger partial charge is 0.501 e. The second kappa shape index (κ2) is 6.45. The molecule has 0 bridgehead atoms. The molecular formula is C25H33NO2. The highest BCUT2D eigenvalue weighted by Crippen LogP contribution is 2.67. The lowest BCUT2D eigenvalue weighted by molar-refractivity contribution is -0.0673. The Bertz CT molecular complexity index is 828. The maximum Gasteiger partial charge on any atom is 0.100 e. The summed E-state index contributed by atoms with van der Waals surface area (Å²) >= 11 is 0. The van der Waals surface area contributed by atoms with E-state index in [0.29, 0.717) is 17.8 Å². The van der Waals surface area contributed by atoms with Crippen LogP contribution in [0.3, 0.4) is 0 Å². The van der Waals surface area contributed by atoms with Crippen LogP contribution >= 0.6 is 0 Å². The van der Waals surface area contributed by atoms with E-state index in [2.05, 4.69) is 31.0 Å². The minimum absolute atomic E-state index is 0.0485. The molecule has 6 atom stereocenters. The fraction of sp³-hybridized carbons (Fsp3) is 0.640. The molecule has 0 aliphatic heterocycles. The van der Waals surface area contributed by atoms with Crippen molar-refractivity contribution < 1.29 is 9.84 Å². The van der Waals surface area contributed by atoms with E-state index in [4.69, 9.17) is 4.74 Å². The van der Waals surface area contributed by atoms with Crippen LogP contribution in [-0.2, 0) is 4.74 Å². The number of hydrogen-bond acceptors (Lipinski definition) is 3. The van der Waals surface area contributed by atoms with E-state index >= 15 is 0 Å². The summed E-state index contributed by atoms with van der Waals surface area (Å²) in [6, 6.07) is 4.18. The number of aromatic nitrogens is 1. The zero-order chi connectivity index (χ0) is 19.5. The first-order chi connectivity index (χ1) is 13.5. The molecule has 0 amide bonds. The van der Waals surface area contributed by atoms with Gasteiger partial charge in [-0.2, -0.15) is 0 Å². The predicted molar refractivity (Wildman–Crippen MR) is 111 cm³/mol. The number of hydrogen-bond donors (Lipinski definition) is 1. The Hall–Kier alpha value is -1.61. The molecule has 3 nitrogen and oxygen atoms in total. The third kappa shape index (κ3) is 2.41. The topological polar surface area (TPSA) is 42.4 Å². The Labute approximate surface area is 168 Å². The molecule has 150 valence electrons. The van der Waals surface area contributed by atoms with Crippen molar-refractivity contribution in [3.63, 3.8) is 0 Å². The first-order valence-corrected chi connectivity index (χ1v) is 11.1. The van der Waals surface area contributed by atoms with Gasteiger partial charge in [-0.05, 0) is 66.9 Å². The van der Waals surface area contributed by atoms with Gasteiger partial charge in [-0.3, -0.25) is 4.98 Å². The van der Waals surface area contributed by atoms with Gasteiger partial charge in [0, 0.05) is 29.8 Å². The van der Waals surface area contributed by atoms with Crippen LogP contribution in [0.2, 0.25) is 0 Å². The fourth-order valence-electron chi connectivity index (χ4n) is 7.50. The molecule has 0 spiro atoms. The summed E-state index contributed by atoms with van der Waals surface area (Å²) in [5.74, 6) is 2.46. The molecule has 2 fully saturated rings. The minimum Gasteiger partial charge on any atom is -0.501 e. The van der Waals surface area contributed by atoms with Crippen molar-refractivity contribution in [1.29, 1.82) is 0 Å². The maximum atomic E-state index is 11.3. The number of pyridine rings is 1. The summed E-state index contributed by atoms with van der Waals surface area (Å²) in [7, 11) is 1.81. The molecule has 1 heterocycles. The lowest BCUT2D eigenvalue weighted by Gasteiger charge is -2.58. The molecule has 1 N–H and O–H groups in total. The molecule has 5 rings (SSSR count). The molecule has 0 aromatic carbocycles. The molecule has 0 saturated heterocycles. The molecule has 4 aliphatic carbocycles. The number of allylic oxidation sites excluding steroid dienone is 3. The van der Waals surface area contributed by atoms with Crippen molar-refractivity contribution >= 4 is 5.57 Å². The van der Waals surface area contributed by atoms with Crippen molar-refractivity contribution in [1.82, 2.24) is 4.98 Å². The molecule has 3 heteroatoms. The van der Waals surface area contributed by atoms with E-state index in [9.17, 15) is 5.11 Å². The smallest absolute Gasteiger partial charge is 0.100 e. The molecule has 1 aromatic heterocycles. The van der Waals surface area contributed by atoms with E-state index in [-0.39, 0.29) is 16.9 Å². The Balaban J connectivity index is 1.58. The zero-order valence-corrected chi connectivity index (χ0v) is 17.4. The van der Waals surface area contributed by atoms with Crippen LogP contribution in [0.4, 0.5) is 0 Å². The number of aliphatic hydroxyl groups is 1. The molecular weight excluding hydrogens is 346 g/mol. The summed E-state index contributed by atoms with van der Waals surface area (Å²) in [6.07, 6.45) is 14.1. The lowest BCUT2D eigenvalue weighted by Crippen LogP contribution is -2.53. The zero-order valence-electron chi connectivity index (χ0n) is 17.4. The van der Waals surface area contributed by atoms with Gasteiger partial charge in [-0.25, -0.2) is 0 Å². The van der Waals surface area contributed by atoms with E-state index in [0.717, 1.165) is 12.2 Å². The molecule has 4 aliphatic rings. The molecule has 2 saturated carbocycles. The summed E-state index contributed by atoms with van der Waals surface area (Å²) in [4.78, 5) is 4.38. The van der Waals surface area contributed by atoms with Crippen LogP contribution in [-0.4, -0.2) is 23.3 Å². The van der Waals surface area contributed by atoms with Gasteiger partial charge in [0.05, 0.1) is 13.2 Å². The highest BCUT2D eigenvalue weighted by Gasteiger charge is 2.60. The van der Waals surface area contributed by atoms with Gasteiger partial charge in [0.1, 0.15) is 5.76 Å². The number of aliphatic hydroxyl groups excluding tert-OH is 1. The van der Waals surface area contributed by atoms with Gasteiger partial charge in [-0.15, -0.1) is 0 Å². The number of fused-ring (bicyclic) bond motifs is 5. The van der Waals surface area contributed by atoms with Crippen LogP contribution in [0.25, 0.3) is 5.57 Å². The van der Waals surface area contributed by atoms with Crippen LogP contribution in [0, 0.1) is 28.6 Å². The van der Waals surface area contributed by atoms with E-state index in [1.165, 1.54) is 49.7 Å². The second-order valence-electron chi connectivity index (χ2n) is 10.0. The quantitative estimate of drug-likeness (QED) is 0.702. The van der Waals surface area contributed by atoms with Gasteiger partial charge >= 0.3 is 0 Å². The third-order valence-electron chi connectivity index (χ3n) is 8.88. The lowest BCUT2D eigenvalue weighted by atomic mass is 9.47. The van der Waals surface area contributed by atoms with Crippen molar-refractivity contribution in [2.45, 2.75) is 64.9 Å². The highest BCUT2D eigenvalue weighted by molar-refractivity contribution is 5.74.